The zero-order valence-electron chi connectivity index (χ0n) is 4.93. The second-order valence-corrected chi connectivity index (χ2v) is 3.99. The molecule has 0 aliphatic heterocycles. The highest BCUT2D eigenvalue weighted by atomic mass is 79.9. The number of halogens is 7. The first-order valence-corrected chi connectivity index (χ1v) is 4.11. The van der Waals surface area contributed by atoms with E-state index in [0.29, 0.717) is 0 Å². The number of hydrogen-bond acceptors (Lipinski definition) is 0. The predicted molar refractivity (Wildman–Crippen MR) is 37.3 cm³/mol. The van der Waals surface area contributed by atoms with Gasteiger partial charge in [0.15, 0.2) is 0 Å². The molecule has 0 aromatic carbocycles. The van der Waals surface area contributed by atoms with E-state index >= 15 is 0 Å². The van der Waals surface area contributed by atoms with E-state index in [2.05, 4.69) is 15.9 Å². The van der Waals surface area contributed by atoms with E-state index in [4.69, 9.17) is 0 Å². The lowest BCUT2D eigenvalue weighted by Gasteiger charge is -2.16. The van der Waals surface area contributed by atoms with Gasteiger partial charge in [-0.2, -0.15) is 22.0 Å². The lowest BCUT2D eigenvalue weighted by atomic mass is 10.3. The minimum atomic E-state index is -4.58. The van der Waals surface area contributed by atoms with E-state index < -0.39 is 22.3 Å². The third-order valence-electron chi connectivity index (χ3n) is 0.766. The molecule has 1 unspecified atom stereocenters. The summed E-state index contributed by atoms with van der Waals surface area (Å²) >= 11 is 4.03. The highest BCUT2D eigenvalue weighted by Gasteiger charge is 2.42. The van der Waals surface area contributed by atoms with Crippen molar-refractivity contribution in [3.05, 3.63) is 0 Å². The molecule has 0 fully saturated rings. The number of rotatable bonds is 2. The zero-order chi connectivity index (χ0) is 9.28. The lowest BCUT2D eigenvalue weighted by molar-refractivity contribution is -0.140. The van der Waals surface area contributed by atoms with Crippen molar-refractivity contribution in [3.63, 3.8) is 0 Å². The van der Waals surface area contributed by atoms with E-state index in [9.17, 15) is 22.0 Å². The lowest BCUT2D eigenvalue weighted by Crippen LogP contribution is -2.27. The maximum Gasteiger partial charge on any atom is 0.390 e. The van der Waals surface area contributed by atoms with Crippen molar-refractivity contribution < 1.29 is 22.0 Å². The van der Waals surface area contributed by atoms with Gasteiger partial charge in [-0.3, -0.25) is 0 Å². The third kappa shape index (κ3) is 5.84. The molecule has 0 radical (unpaired) electrons. The maximum absolute atomic E-state index is 12.0. The Hall–Kier alpha value is 0.610. The first kappa shape index (κ1) is 11.6. The van der Waals surface area contributed by atoms with Gasteiger partial charge in [-0.1, -0.05) is 15.9 Å². The fourth-order valence-corrected chi connectivity index (χ4v) is 0.848. The molecule has 0 aliphatic carbocycles. The SMILES string of the molecule is FC(F)(F)CC(Br)C(F)(F)Br. The van der Waals surface area contributed by atoms with Crippen LogP contribution >= 0.6 is 31.9 Å². The maximum atomic E-state index is 12.0. The Morgan fingerprint density at radius 1 is 1.09 bits per heavy atom. The molecule has 0 aromatic heterocycles. The minimum Gasteiger partial charge on any atom is -0.192 e. The van der Waals surface area contributed by atoms with Gasteiger partial charge in [0.05, 0.1) is 11.2 Å². The molecule has 0 saturated carbocycles. The Morgan fingerprint density at radius 3 is 1.55 bits per heavy atom. The summed E-state index contributed by atoms with van der Waals surface area (Å²) in [5, 5.41) is 0. The Labute approximate surface area is 76.4 Å². The van der Waals surface area contributed by atoms with Gasteiger partial charge in [0.25, 0.3) is 0 Å². The fourth-order valence-electron chi connectivity index (χ4n) is 0.319. The van der Waals surface area contributed by atoms with Gasteiger partial charge in [-0.15, -0.1) is 0 Å². The average molecular weight is 306 g/mol. The second-order valence-electron chi connectivity index (χ2n) is 1.83. The molecular weight excluding hydrogens is 303 g/mol. The van der Waals surface area contributed by atoms with Crippen molar-refractivity contribution in [2.24, 2.45) is 0 Å². The summed E-state index contributed by atoms with van der Waals surface area (Å²) in [5.74, 6) is 0. The summed E-state index contributed by atoms with van der Waals surface area (Å²) < 4.78 is 58.4. The van der Waals surface area contributed by atoms with Crippen LogP contribution in [0.5, 0.6) is 0 Å². The Bertz CT molecular complexity index is 125. The third-order valence-corrected chi connectivity index (χ3v) is 2.83. The molecule has 68 valence electrons. The van der Waals surface area contributed by atoms with Gasteiger partial charge >= 0.3 is 11.0 Å². The molecule has 0 nitrogen and oxygen atoms in total. The van der Waals surface area contributed by atoms with Crippen LogP contribution in [-0.4, -0.2) is 15.8 Å². The second kappa shape index (κ2) is 3.55. The van der Waals surface area contributed by atoms with Gasteiger partial charge in [-0.25, -0.2) is 0 Å². The van der Waals surface area contributed by atoms with Crippen LogP contribution in [0.2, 0.25) is 0 Å². The molecule has 0 aliphatic rings. The molecule has 0 spiro atoms. The monoisotopic (exact) mass is 304 g/mol. The topological polar surface area (TPSA) is 0 Å². The van der Waals surface area contributed by atoms with Crippen LogP contribution in [0.25, 0.3) is 0 Å². The molecular formula is C4H3Br2F5. The first-order chi connectivity index (χ1) is 4.63. The van der Waals surface area contributed by atoms with E-state index in [1.165, 1.54) is 0 Å². The minimum absolute atomic E-state index is 1.56. The van der Waals surface area contributed by atoms with Crippen LogP contribution in [0.15, 0.2) is 0 Å². The van der Waals surface area contributed by atoms with E-state index in [1.54, 1.807) is 0 Å². The van der Waals surface area contributed by atoms with Gasteiger partial charge in [0.2, 0.25) is 0 Å². The van der Waals surface area contributed by atoms with Crippen LogP contribution < -0.4 is 0 Å². The van der Waals surface area contributed by atoms with Crippen molar-refractivity contribution in [3.8, 4) is 0 Å². The first-order valence-electron chi connectivity index (χ1n) is 2.40. The molecule has 0 bridgehead atoms. The smallest absolute Gasteiger partial charge is 0.192 e. The fraction of sp³-hybridized carbons (Fsp3) is 1.00. The van der Waals surface area contributed by atoms with E-state index in [1.807, 2.05) is 15.9 Å². The van der Waals surface area contributed by atoms with Crippen LogP contribution in [0.3, 0.4) is 0 Å². The standard InChI is InChI=1S/C4H3Br2F5/c5-2(4(6,10)11)1-3(7,8)9/h2H,1H2. The molecule has 1 atom stereocenters. The average Bonchev–Trinajstić information content (AvgIpc) is 1.56. The van der Waals surface area contributed by atoms with Crippen LogP contribution in [-0.2, 0) is 0 Å². The van der Waals surface area contributed by atoms with Gasteiger partial charge in [0.1, 0.15) is 0 Å². The van der Waals surface area contributed by atoms with Crippen molar-refractivity contribution in [2.45, 2.75) is 22.3 Å². The summed E-state index contributed by atoms with van der Waals surface area (Å²) in [6, 6.07) is 0. The van der Waals surface area contributed by atoms with E-state index in [-0.39, 0.29) is 0 Å². The molecule has 7 heteroatoms. The van der Waals surface area contributed by atoms with Crippen molar-refractivity contribution in [1.29, 1.82) is 0 Å². The molecule has 0 rings (SSSR count). The van der Waals surface area contributed by atoms with Crippen LogP contribution in [0.1, 0.15) is 6.42 Å². The largest absolute Gasteiger partial charge is 0.390 e. The molecule has 0 saturated heterocycles. The molecule has 11 heavy (non-hydrogen) atoms. The van der Waals surface area contributed by atoms with Gasteiger partial charge in [-0.05, 0) is 15.9 Å². The summed E-state index contributed by atoms with van der Waals surface area (Å²) in [6.45, 7) is 0. The number of hydrogen-bond donors (Lipinski definition) is 0. The van der Waals surface area contributed by atoms with Crippen LogP contribution in [0, 0.1) is 0 Å². The quantitative estimate of drug-likeness (QED) is 0.539. The summed E-state index contributed by atoms with van der Waals surface area (Å²) in [6.07, 6.45) is -6.14. The summed E-state index contributed by atoms with van der Waals surface area (Å²) in [4.78, 5) is -5.45. The van der Waals surface area contributed by atoms with Gasteiger partial charge in [0, 0.05) is 0 Å². The Balaban J connectivity index is 3.99. The van der Waals surface area contributed by atoms with Crippen molar-refractivity contribution in [2.75, 3.05) is 0 Å². The summed E-state index contributed by atoms with van der Waals surface area (Å²) in [7, 11) is 0. The molecule has 0 amide bonds. The summed E-state index contributed by atoms with van der Waals surface area (Å²) in [5.41, 5.74) is 0. The van der Waals surface area contributed by atoms with Gasteiger partial charge < -0.3 is 0 Å². The molecule has 0 aromatic rings. The molecule has 0 heterocycles. The highest BCUT2D eigenvalue weighted by Crippen LogP contribution is 2.38. The van der Waals surface area contributed by atoms with Crippen molar-refractivity contribution >= 4 is 31.9 Å². The van der Waals surface area contributed by atoms with Crippen LogP contribution in [0.4, 0.5) is 22.0 Å². The Kier molecular flexibility index (Phi) is 3.75. The Morgan fingerprint density at radius 2 is 1.45 bits per heavy atom. The van der Waals surface area contributed by atoms with E-state index in [0.717, 1.165) is 0 Å². The number of alkyl halides is 7. The normalized spacial score (nSPS) is 16.6. The predicted octanol–water partition coefficient (Wildman–Crippen LogP) is 3.69. The zero-order valence-corrected chi connectivity index (χ0v) is 8.10. The van der Waals surface area contributed by atoms with Crippen molar-refractivity contribution in [1.82, 2.24) is 0 Å². The molecule has 0 N–H and O–H groups in total. The highest BCUT2D eigenvalue weighted by molar-refractivity contribution is 9.12.